The van der Waals surface area contributed by atoms with Crippen molar-refractivity contribution in [1.29, 1.82) is 0 Å². The van der Waals surface area contributed by atoms with Gasteiger partial charge in [-0.05, 0) is 43.2 Å². The van der Waals surface area contributed by atoms with Gasteiger partial charge >= 0.3 is 0 Å². The third-order valence-electron chi connectivity index (χ3n) is 3.50. The second-order valence-corrected chi connectivity index (χ2v) is 6.83. The molecule has 0 radical (unpaired) electrons. The normalized spacial score (nSPS) is 17.6. The summed E-state index contributed by atoms with van der Waals surface area (Å²) in [5.74, 6) is 0.608. The van der Waals surface area contributed by atoms with Gasteiger partial charge in [0.25, 0.3) is 0 Å². The van der Waals surface area contributed by atoms with Gasteiger partial charge in [-0.3, -0.25) is 0 Å². The van der Waals surface area contributed by atoms with E-state index < -0.39 is 0 Å². The van der Waals surface area contributed by atoms with Gasteiger partial charge in [-0.25, -0.2) is 4.39 Å². The smallest absolute Gasteiger partial charge is 0.146 e. The molecule has 0 saturated carbocycles. The van der Waals surface area contributed by atoms with E-state index in [2.05, 4.69) is 37.2 Å². The first-order valence-corrected chi connectivity index (χ1v) is 8.36. The van der Waals surface area contributed by atoms with E-state index >= 15 is 0 Å². The van der Waals surface area contributed by atoms with Crippen LogP contribution in [0.2, 0.25) is 0 Å². The molecule has 1 aliphatic rings. The Morgan fingerprint density at radius 3 is 2.71 bits per heavy atom. The molecular formula is C16H14Br2FNO. The van der Waals surface area contributed by atoms with Crippen molar-refractivity contribution in [2.45, 2.75) is 18.9 Å². The minimum absolute atomic E-state index is 0.0411. The van der Waals surface area contributed by atoms with E-state index in [0.717, 1.165) is 33.1 Å². The fourth-order valence-electron chi connectivity index (χ4n) is 2.49. The predicted molar refractivity (Wildman–Crippen MR) is 89.3 cm³/mol. The van der Waals surface area contributed by atoms with Gasteiger partial charge < -0.3 is 10.1 Å². The Morgan fingerprint density at radius 1 is 1.10 bits per heavy atom. The molecule has 0 spiro atoms. The van der Waals surface area contributed by atoms with E-state index in [1.807, 2.05) is 18.2 Å². The fraction of sp³-hybridized carbons (Fsp3) is 0.250. The summed E-state index contributed by atoms with van der Waals surface area (Å²) < 4.78 is 21.6. The highest BCUT2D eigenvalue weighted by Crippen LogP contribution is 2.36. The van der Waals surface area contributed by atoms with Crippen LogP contribution in [0.1, 0.15) is 24.4 Å². The second-order valence-electron chi connectivity index (χ2n) is 4.99. The van der Waals surface area contributed by atoms with Gasteiger partial charge in [0.2, 0.25) is 0 Å². The Labute approximate surface area is 140 Å². The molecule has 1 atom stereocenters. The first kappa shape index (κ1) is 14.9. The number of fused-ring (bicyclic) bond motifs is 1. The molecular weight excluding hydrogens is 401 g/mol. The number of halogens is 3. The number of rotatable bonds is 2. The molecule has 110 valence electrons. The van der Waals surface area contributed by atoms with Gasteiger partial charge in [0, 0.05) is 14.5 Å². The topological polar surface area (TPSA) is 21.3 Å². The van der Waals surface area contributed by atoms with E-state index in [-0.39, 0.29) is 11.9 Å². The zero-order valence-electron chi connectivity index (χ0n) is 11.2. The number of benzene rings is 2. The van der Waals surface area contributed by atoms with Crippen LogP contribution >= 0.6 is 31.9 Å². The van der Waals surface area contributed by atoms with Crippen molar-refractivity contribution in [3.63, 3.8) is 0 Å². The molecule has 21 heavy (non-hydrogen) atoms. The Kier molecular flexibility index (Phi) is 4.50. The lowest BCUT2D eigenvalue weighted by Crippen LogP contribution is -2.11. The Bertz CT molecular complexity index is 663. The van der Waals surface area contributed by atoms with Crippen molar-refractivity contribution >= 4 is 37.5 Å². The SMILES string of the molecule is Fc1ccc(Br)cc1NC1CCCOc2cc(Br)ccc21. The molecule has 1 aliphatic heterocycles. The zero-order chi connectivity index (χ0) is 14.8. The summed E-state index contributed by atoms with van der Waals surface area (Å²) in [5.41, 5.74) is 1.57. The molecule has 2 aromatic rings. The van der Waals surface area contributed by atoms with Gasteiger partial charge in [0.05, 0.1) is 18.3 Å². The first-order chi connectivity index (χ1) is 10.1. The Morgan fingerprint density at radius 2 is 1.86 bits per heavy atom. The van der Waals surface area contributed by atoms with Crippen molar-refractivity contribution in [2.75, 3.05) is 11.9 Å². The zero-order valence-corrected chi connectivity index (χ0v) is 14.4. The van der Waals surface area contributed by atoms with Gasteiger partial charge in [-0.2, -0.15) is 0 Å². The van der Waals surface area contributed by atoms with Crippen molar-refractivity contribution in [2.24, 2.45) is 0 Å². The summed E-state index contributed by atoms with van der Waals surface area (Å²) in [4.78, 5) is 0. The minimum Gasteiger partial charge on any atom is -0.493 e. The van der Waals surface area contributed by atoms with Crippen molar-refractivity contribution in [1.82, 2.24) is 0 Å². The molecule has 0 aliphatic carbocycles. The fourth-order valence-corrected chi connectivity index (χ4v) is 3.19. The van der Waals surface area contributed by atoms with Crippen LogP contribution in [-0.4, -0.2) is 6.61 Å². The van der Waals surface area contributed by atoms with Crippen LogP contribution in [-0.2, 0) is 0 Å². The molecule has 0 amide bonds. The van der Waals surface area contributed by atoms with Crippen molar-refractivity contribution in [3.05, 3.63) is 56.7 Å². The highest BCUT2D eigenvalue weighted by atomic mass is 79.9. The molecule has 1 unspecified atom stereocenters. The van der Waals surface area contributed by atoms with E-state index in [1.165, 1.54) is 6.07 Å². The molecule has 3 rings (SSSR count). The van der Waals surface area contributed by atoms with Gasteiger partial charge in [0.1, 0.15) is 11.6 Å². The molecule has 0 aromatic heterocycles. The molecule has 2 aromatic carbocycles. The lowest BCUT2D eigenvalue weighted by Gasteiger charge is -2.20. The molecule has 5 heteroatoms. The number of hydrogen-bond acceptors (Lipinski definition) is 2. The van der Waals surface area contributed by atoms with Crippen LogP contribution in [0.3, 0.4) is 0 Å². The largest absolute Gasteiger partial charge is 0.493 e. The third kappa shape index (κ3) is 3.40. The van der Waals surface area contributed by atoms with Crippen LogP contribution < -0.4 is 10.1 Å². The van der Waals surface area contributed by atoms with E-state index in [4.69, 9.17) is 4.74 Å². The monoisotopic (exact) mass is 413 g/mol. The Balaban J connectivity index is 1.94. The molecule has 2 nitrogen and oxygen atoms in total. The molecule has 1 heterocycles. The number of nitrogens with one attached hydrogen (secondary N) is 1. The first-order valence-electron chi connectivity index (χ1n) is 6.77. The summed E-state index contributed by atoms with van der Waals surface area (Å²) >= 11 is 6.84. The van der Waals surface area contributed by atoms with Crippen LogP contribution in [0.15, 0.2) is 45.3 Å². The highest BCUT2D eigenvalue weighted by molar-refractivity contribution is 9.10. The van der Waals surface area contributed by atoms with E-state index in [9.17, 15) is 4.39 Å². The molecule has 1 N–H and O–H groups in total. The van der Waals surface area contributed by atoms with Crippen LogP contribution in [0.5, 0.6) is 5.75 Å². The average Bonchev–Trinajstić information content (AvgIpc) is 2.65. The maximum atomic E-state index is 13.9. The standard InChI is InChI=1S/C16H14Br2FNO/c17-10-4-6-13(19)15(8-10)20-14-2-1-7-21-16-9-11(18)3-5-12(14)16/h3-6,8-9,14,20H,1-2,7H2. The maximum absolute atomic E-state index is 13.9. The number of ether oxygens (including phenoxy) is 1. The molecule has 0 bridgehead atoms. The summed E-state index contributed by atoms with van der Waals surface area (Å²) in [6, 6.07) is 10.9. The Hall–Kier alpha value is -1.07. The predicted octanol–water partition coefficient (Wildman–Crippen LogP) is 5.68. The minimum atomic E-state index is -0.248. The summed E-state index contributed by atoms with van der Waals surface area (Å²) in [6.07, 6.45) is 1.83. The lowest BCUT2D eigenvalue weighted by atomic mass is 10.0. The summed E-state index contributed by atoms with van der Waals surface area (Å²) in [7, 11) is 0. The highest BCUT2D eigenvalue weighted by Gasteiger charge is 2.21. The van der Waals surface area contributed by atoms with Gasteiger partial charge in [-0.1, -0.05) is 37.9 Å². The quantitative estimate of drug-likeness (QED) is 0.682. The van der Waals surface area contributed by atoms with Gasteiger partial charge in [0.15, 0.2) is 0 Å². The summed E-state index contributed by atoms with van der Waals surface area (Å²) in [5, 5.41) is 3.31. The van der Waals surface area contributed by atoms with Crippen molar-refractivity contribution in [3.8, 4) is 5.75 Å². The van der Waals surface area contributed by atoms with E-state index in [1.54, 1.807) is 12.1 Å². The molecule has 0 fully saturated rings. The lowest BCUT2D eigenvalue weighted by molar-refractivity contribution is 0.316. The van der Waals surface area contributed by atoms with Crippen LogP contribution in [0.4, 0.5) is 10.1 Å². The average molecular weight is 415 g/mol. The van der Waals surface area contributed by atoms with Crippen molar-refractivity contribution < 1.29 is 9.13 Å². The second kappa shape index (κ2) is 6.36. The third-order valence-corrected chi connectivity index (χ3v) is 4.49. The number of anilines is 1. The maximum Gasteiger partial charge on any atom is 0.146 e. The van der Waals surface area contributed by atoms with Crippen LogP contribution in [0, 0.1) is 5.82 Å². The van der Waals surface area contributed by atoms with Gasteiger partial charge in [-0.15, -0.1) is 0 Å². The number of hydrogen-bond donors (Lipinski definition) is 1. The van der Waals surface area contributed by atoms with E-state index in [0.29, 0.717) is 12.3 Å². The van der Waals surface area contributed by atoms with Crippen LogP contribution in [0.25, 0.3) is 0 Å². The summed E-state index contributed by atoms with van der Waals surface area (Å²) in [6.45, 7) is 0.683. The molecule has 0 saturated heterocycles.